The summed E-state index contributed by atoms with van der Waals surface area (Å²) in [4.78, 5) is 9.15. The molecule has 3 rings (SSSR count). The molecule has 1 aromatic carbocycles. The van der Waals surface area contributed by atoms with E-state index in [-0.39, 0.29) is 35.8 Å². The van der Waals surface area contributed by atoms with Crippen LogP contribution in [0.1, 0.15) is 30.6 Å². The molecule has 0 saturated carbocycles. The fourth-order valence-electron chi connectivity index (χ4n) is 2.95. The van der Waals surface area contributed by atoms with E-state index < -0.39 is 0 Å². The lowest BCUT2D eigenvalue weighted by Gasteiger charge is -2.25. The van der Waals surface area contributed by atoms with Crippen molar-refractivity contribution in [1.29, 1.82) is 0 Å². The molecule has 1 atom stereocenters. The molecule has 0 bridgehead atoms. The number of fused-ring (bicyclic) bond motifs is 1. The van der Waals surface area contributed by atoms with Crippen molar-refractivity contribution in [2.75, 3.05) is 13.7 Å². The minimum absolute atomic E-state index is 0. The lowest BCUT2D eigenvalue weighted by Crippen LogP contribution is -2.47. The Morgan fingerprint density at radius 3 is 2.85 bits per heavy atom. The number of benzene rings is 1. The quantitative estimate of drug-likeness (QED) is 0.328. The highest BCUT2D eigenvalue weighted by molar-refractivity contribution is 14.0. The average molecular weight is 486 g/mol. The number of hydrogen-bond donors (Lipinski definition) is 3. The lowest BCUT2D eigenvalue weighted by molar-refractivity contribution is 0.177. The Hall–Kier alpha value is -1.88. The first-order chi connectivity index (χ1) is 12.7. The van der Waals surface area contributed by atoms with Gasteiger partial charge in [-0.2, -0.15) is 5.10 Å². The smallest absolute Gasteiger partial charge is 0.191 e. The van der Waals surface area contributed by atoms with Crippen molar-refractivity contribution < 1.29 is 9.84 Å². The molecule has 148 valence electrons. The van der Waals surface area contributed by atoms with Crippen molar-refractivity contribution in [2.24, 2.45) is 4.99 Å². The Bertz CT molecular complexity index is 747. The summed E-state index contributed by atoms with van der Waals surface area (Å²) >= 11 is 0. The third kappa shape index (κ3) is 6.06. The van der Waals surface area contributed by atoms with Gasteiger partial charge in [0.2, 0.25) is 0 Å². The first kappa shape index (κ1) is 21.4. The van der Waals surface area contributed by atoms with Gasteiger partial charge in [0.15, 0.2) is 11.8 Å². The fourth-order valence-corrected chi connectivity index (χ4v) is 2.95. The van der Waals surface area contributed by atoms with Crippen molar-refractivity contribution in [2.45, 2.75) is 45.5 Å². The molecule has 0 aliphatic carbocycles. The van der Waals surface area contributed by atoms with E-state index in [0.717, 1.165) is 49.1 Å². The summed E-state index contributed by atoms with van der Waals surface area (Å²) in [5.41, 5.74) is 1.05. The molecule has 2 aromatic rings. The number of methoxy groups -OCH3 is 1. The SMILES string of the molecule is CCNC(=NCc1ccc(O)cc1)NC1CCc2nc(COC)nn2C1.I. The number of rotatable bonds is 6. The Balaban J connectivity index is 0.00000261. The number of phenolic OH excluding ortho intramolecular Hbond substituents is 1. The highest BCUT2D eigenvalue weighted by atomic mass is 127. The summed E-state index contributed by atoms with van der Waals surface area (Å²) in [7, 11) is 1.65. The molecule has 0 spiro atoms. The van der Waals surface area contributed by atoms with Gasteiger partial charge >= 0.3 is 0 Å². The molecular weight excluding hydrogens is 459 g/mol. The van der Waals surface area contributed by atoms with Gasteiger partial charge in [-0.25, -0.2) is 14.7 Å². The van der Waals surface area contributed by atoms with Gasteiger partial charge in [-0.05, 0) is 31.0 Å². The zero-order valence-corrected chi connectivity index (χ0v) is 18.0. The van der Waals surface area contributed by atoms with E-state index in [9.17, 15) is 5.11 Å². The van der Waals surface area contributed by atoms with Crippen LogP contribution in [0.5, 0.6) is 5.75 Å². The van der Waals surface area contributed by atoms with Gasteiger partial charge in [0, 0.05) is 26.1 Å². The Morgan fingerprint density at radius 1 is 1.37 bits per heavy atom. The molecule has 1 aliphatic heterocycles. The molecule has 3 N–H and O–H groups in total. The van der Waals surface area contributed by atoms with Crippen LogP contribution in [0.15, 0.2) is 29.3 Å². The van der Waals surface area contributed by atoms with Crippen LogP contribution in [0.4, 0.5) is 0 Å². The minimum atomic E-state index is 0. The predicted octanol–water partition coefficient (Wildman–Crippen LogP) is 1.82. The van der Waals surface area contributed by atoms with E-state index in [1.807, 2.05) is 23.7 Å². The monoisotopic (exact) mass is 486 g/mol. The van der Waals surface area contributed by atoms with Gasteiger partial charge in [-0.15, -0.1) is 24.0 Å². The normalized spacial score (nSPS) is 16.4. The number of halogens is 1. The Morgan fingerprint density at radius 2 is 2.15 bits per heavy atom. The van der Waals surface area contributed by atoms with Crippen molar-refractivity contribution in [3.63, 3.8) is 0 Å². The first-order valence-electron chi connectivity index (χ1n) is 8.92. The standard InChI is InChI=1S/C18H26N6O2.HI/c1-3-19-18(20-10-13-4-7-15(25)8-5-13)21-14-6-9-17-22-16(12-26-2)23-24(17)11-14;/h4-5,7-8,14,25H,3,6,9-12H2,1-2H3,(H2,19,20,21);1H. The molecule has 27 heavy (non-hydrogen) atoms. The summed E-state index contributed by atoms with van der Waals surface area (Å²) in [5, 5.41) is 20.6. The first-order valence-corrected chi connectivity index (χ1v) is 8.92. The molecule has 1 aliphatic rings. The van der Waals surface area contributed by atoms with Crippen molar-refractivity contribution in [3.05, 3.63) is 41.5 Å². The summed E-state index contributed by atoms with van der Waals surface area (Å²) in [6, 6.07) is 7.35. The van der Waals surface area contributed by atoms with Crippen LogP contribution >= 0.6 is 24.0 Å². The second-order valence-electron chi connectivity index (χ2n) is 6.30. The number of ether oxygens (including phenoxy) is 1. The lowest BCUT2D eigenvalue weighted by atomic mass is 10.1. The van der Waals surface area contributed by atoms with Crippen LogP contribution in [0.25, 0.3) is 0 Å². The van der Waals surface area contributed by atoms with Crippen LogP contribution in [0, 0.1) is 0 Å². The zero-order chi connectivity index (χ0) is 18.4. The van der Waals surface area contributed by atoms with Crippen molar-refractivity contribution in [3.8, 4) is 5.75 Å². The highest BCUT2D eigenvalue weighted by Gasteiger charge is 2.22. The number of aromatic hydroxyl groups is 1. The van der Waals surface area contributed by atoms with Crippen LogP contribution < -0.4 is 10.6 Å². The van der Waals surface area contributed by atoms with Gasteiger partial charge in [0.1, 0.15) is 18.2 Å². The molecule has 0 fully saturated rings. The zero-order valence-electron chi connectivity index (χ0n) is 15.7. The van der Waals surface area contributed by atoms with Crippen LogP contribution in [-0.2, 0) is 30.9 Å². The number of nitrogens with zero attached hydrogens (tertiary/aromatic N) is 4. The van der Waals surface area contributed by atoms with Gasteiger partial charge in [-0.3, -0.25) is 0 Å². The number of aliphatic imine (C=N–C) groups is 1. The topological polar surface area (TPSA) is 96.6 Å². The molecule has 0 saturated heterocycles. The van der Waals surface area contributed by atoms with Gasteiger partial charge < -0.3 is 20.5 Å². The molecule has 0 amide bonds. The molecular formula is C18H27IN6O2. The van der Waals surface area contributed by atoms with E-state index in [4.69, 9.17) is 4.74 Å². The predicted molar refractivity (Wildman–Crippen MR) is 114 cm³/mol. The van der Waals surface area contributed by atoms with E-state index in [0.29, 0.717) is 13.2 Å². The highest BCUT2D eigenvalue weighted by Crippen LogP contribution is 2.14. The van der Waals surface area contributed by atoms with Crippen LogP contribution in [0.3, 0.4) is 0 Å². The van der Waals surface area contributed by atoms with Crippen LogP contribution in [-0.4, -0.2) is 45.5 Å². The summed E-state index contributed by atoms with van der Waals surface area (Å²) < 4.78 is 7.07. The van der Waals surface area contributed by atoms with Gasteiger partial charge in [0.25, 0.3) is 0 Å². The van der Waals surface area contributed by atoms with E-state index in [2.05, 4.69) is 25.7 Å². The third-order valence-electron chi connectivity index (χ3n) is 4.22. The molecule has 0 radical (unpaired) electrons. The fraction of sp³-hybridized carbons (Fsp3) is 0.500. The molecule has 8 nitrogen and oxygen atoms in total. The van der Waals surface area contributed by atoms with E-state index >= 15 is 0 Å². The maximum Gasteiger partial charge on any atom is 0.191 e. The van der Waals surface area contributed by atoms with Gasteiger partial charge in [0.05, 0.1) is 13.1 Å². The number of nitrogens with one attached hydrogen (secondary N) is 2. The number of hydrogen-bond acceptors (Lipinski definition) is 5. The summed E-state index contributed by atoms with van der Waals surface area (Å²) in [6.07, 6.45) is 1.86. The van der Waals surface area contributed by atoms with E-state index in [1.165, 1.54) is 0 Å². The number of guanidine groups is 1. The average Bonchev–Trinajstić information content (AvgIpc) is 3.03. The number of aryl methyl sites for hydroxylation is 1. The molecule has 1 aromatic heterocycles. The van der Waals surface area contributed by atoms with Crippen LogP contribution in [0.2, 0.25) is 0 Å². The third-order valence-corrected chi connectivity index (χ3v) is 4.22. The molecule has 2 heterocycles. The Kier molecular flexibility index (Phi) is 8.29. The number of aromatic nitrogens is 3. The van der Waals surface area contributed by atoms with Crippen molar-refractivity contribution >= 4 is 29.9 Å². The maximum atomic E-state index is 9.37. The van der Waals surface area contributed by atoms with E-state index in [1.54, 1.807) is 19.2 Å². The summed E-state index contributed by atoms with van der Waals surface area (Å²) in [5.74, 6) is 2.80. The van der Waals surface area contributed by atoms with Crippen molar-refractivity contribution in [1.82, 2.24) is 25.4 Å². The molecule has 1 unspecified atom stereocenters. The molecule has 9 heteroatoms. The second kappa shape index (κ2) is 10.5. The van der Waals surface area contributed by atoms with Gasteiger partial charge in [-0.1, -0.05) is 12.1 Å². The maximum absolute atomic E-state index is 9.37. The second-order valence-corrected chi connectivity index (χ2v) is 6.30. The number of phenols is 1. The Labute approximate surface area is 176 Å². The largest absolute Gasteiger partial charge is 0.508 e. The minimum Gasteiger partial charge on any atom is -0.508 e. The summed E-state index contributed by atoms with van der Waals surface area (Å²) in [6.45, 7) is 4.59.